The normalized spacial score (nSPS) is 12.1. The van der Waals surface area contributed by atoms with Crippen molar-refractivity contribution in [3.63, 3.8) is 0 Å². The zero-order valence-corrected chi connectivity index (χ0v) is 26.4. The smallest absolute Gasteiger partial charge is 0.251 e. The van der Waals surface area contributed by atoms with Crippen molar-refractivity contribution in [2.45, 2.75) is 31.8 Å². The first-order valence-corrected chi connectivity index (χ1v) is 15.4. The zero-order valence-electron chi connectivity index (χ0n) is 24.9. The van der Waals surface area contributed by atoms with Crippen LogP contribution in [0.15, 0.2) is 97.1 Å². The second-order valence-corrected chi connectivity index (χ2v) is 11.2. The summed E-state index contributed by atoms with van der Waals surface area (Å²) < 4.78 is 5.56. The van der Waals surface area contributed by atoms with Gasteiger partial charge in [0.15, 0.2) is 0 Å². The highest BCUT2D eigenvalue weighted by Gasteiger charge is 2.26. The van der Waals surface area contributed by atoms with E-state index in [1.54, 1.807) is 66.7 Å². The average Bonchev–Trinajstić information content (AvgIpc) is 3.06. The maximum atomic E-state index is 13.7. The van der Waals surface area contributed by atoms with E-state index >= 15 is 0 Å². The molecule has 45 heavy (non-hydrogen) atoms. The van der Waals surface area contributed by atoms with Gasteiger partial charge < -0.3 is 26.4 Å². The summed E-state index contributed by atoms with van der Waals surface area (Å²) in [6, 6.07) is 28.5. The van der Waals surface area contributed by atoms with Gasteiger partial charge in [-0.2, -0.15) is 0 Å². The molecule has 4 aromatic carbocycles. The van der Waals surface area contributed by atoms with E-state index < -0.39 is 11.8 Å². The average molecular weight is 648 g/mol. The third-order valence-corrected chi connectivity index (χ3v) is 8.02. The lowest BCUT2D eigenvalue weighted by Gasteiger charge is -2.22. The Hall–Kier alpha value is -4.37. The van der Waals surface area contributed by atoms with E-state index in [-0.39, 0.29) is 37.4 Å². The van der Waals surface area contributed by atoms with Crippen LogP contribution in [0.1, 0.15) is 51.4 Å². The number of rotatable bonds is 14. The lowest BCUT2D eigenvalue weighted by atomic mass is 9.95. The molecule has 0 aliphatic carbocycles. The van der Waals surface area contributed by atoms with Crippen LogP contribution in [-0.4, -0.2) is 37.4 Å². The van der Waals surface area contributed by atoms with Crippen LogP contribution in [0.2, 0.25) is 10.0 Å². The van der Waals surface area contributed by atoms with Gasteiger partial charge in [0.05, 0.1) is 28.5 Å². The number of carbonyl (C=O) groups excluding carboxylic acids is 3. The number of benzene rings is 4. The summed E-state index contributed by atoms with van der Waals surface area (Å²) >= 11 is 12.5. The van der Waals surface area contributed by atoms with Gasteiger partial charge in [-0.25, -0.2) is 0 Å². The van der Waals surface area contributed by atoms with Crippen LogP contribution in [0.3, 0.4) is 0 Å². The van der Waals surface area contributed by atoms with Crippen molar-refractivity contribution in [1.82, 2.24) is 16.0 Å². The number of nitrogens with one attached hydrogen (secondary N) is 3. The Morgan fingerprint density at radius 2 is 1.31 bits per heavy atom. The van der Waals surface area contributed by atoms with E-state index in [9.17, 15) is 14.4 Å². The predicted octanol–water partition coefficient (Wildman–Crippen LogP) is 5.58. The molecule has 0 saturated heterocycles. The number of carbonyl (C=O) groups is 3. The third-order valence-electron chi connectivity index (χ3n) is 7.28. The first-order valence-electron chi connectivity index (χ1n) is 14.6. The van der Waals surface area contributed by atoms with Gasteiger partial charge in [-0.3, -0.25) is 14.4 Å². The zero-order chi connectivity index (χ0) is 32.2. The number of ether oxygens (including phenoxy) is 1. The Labute approximate surface area is 273 Å². The molecule has 2 atom stereocenters. The van der Waals surface area contributed by atoms with Crippen molar-refractivity contribution in [3.8, 4) is 5.75 Å². The summed E-state index contributed by atoms with van der Waals surface area (Å²) in [6.07, 6.45) is 0. The van der Waals surface area contributed by atoms with E-state index in [0.29, 0.717) is 45.6 Å². The maximum Gasteiger partial charge on any atom is 0.251 e. The van der Waals surface area contributed by atoms with E-state index in [1.807, 2.05) is 37.3 Å². The molecule has 0 spiro atoms. The maximum absolute atomic E-state index is 13.7. The standard InChI is InChI=1S/C35H36Cl2N4O4/c1-2-45-28-15-12-25(13-16-28)29(21-40-33(42)26-6-4-3-5-7-26)34(43)41-22-30(27-14-17-31(36)32(37)18-27)35(44)39-20-24-10-8-23(19-38)9-11-24/h3-18,29-30H,2,19-22,38H2,1H3,(H,39,44)(H,40,42)(H,41,43)/t29-,30+/m1/s1. The largest absolute Gasteiger partial charge is 0.494 e. The van der Waals surface area contributed by atoms with Crippen LogP contribution >= 0.6 is 23.2 Å². The molecule has 4 aromatic rings. The molecule has 0 saturated carbocycles. The van der Waals surface area contributed by atoms with Gasteiger partial charge >= 0.3 is 0 Å². The Balaban J connectivity index is 1.52. The molecule has 234 valence electrons. The molecule has 0 bridgehead atoms. The monoisotopic (exact) mass is 646 g/mol. The van der Waals surface area contributed by atoms with Gasteiger partial charge in [-0.1, -0.05) is 83.9 Å². The molecule has 0 fully saturated rings. The van der Waals surface area contributed by atoms with Crippen LogP contribution in [0.4, 0.5) is 0 Å². The van der Waals surface area contributed by atoms with E-state index in [0.717, 1.165) is 11.1 Å². The van der Waals surface area contributed by atoms with Gasteiger partial charge in [-0.05, 0) is 65.6 Å². The molecule has 0 aliphatic heterocycles. The summed E-state index contributed by atoms with van der Waals surface area (Å²) in [5.74, 6) is -1.80. The molecule has 8 nitrogen and oxygen atoms in total. The van der Waals surface area contributed by atoms with Crippen LogP contribution in [0.25, 0.3) is 0 Å². The summed E-state index contributed by atoms with van der Waals surface area (Å²) in [5, 5.41) is 9.42. The van der Waals surface area contributed by atoms with Crippen LogP contribution < -0.4 is 26.4 Å². The number of nitrogens with two attached hydrogens (primary N) is 1. The third kappa shape index (κ3) is 9.56. The molecule has 10 heteroatoms. The Kier molecular flexibility index (Phi) is 12.4. The summed E-state index contributed by atoms with van der Waals surface area (Å²) in [7, 11) is 0. The second kappa shape index (κ2) is 16.6. The molecular formula is C35H36Cl2N4O4. The molecular weight excluding hydrogens is 611 g/mol. The van der Waals surface area contributed by atoms with Crippen molar-refractivity contribution in [1.29, 1.82) is 0 Å². The fraction of sp³-hybridized carbons (Fsp3) is 0.229. The Bertz CT molecular complexity index is 1580. The van der Waals surface area contributed by atoms with E-state index in [1.165, 1.54) is 0 Å². The summed E-state index contributed by atoms with van der Waals surface area (Å²) in [6.45, 7) is 3.13. The topological polar surface area (TPSA) is 123 Å². The minimum atomic E-state index is -0.771. The van der Waals surface area contributed by atoms with Crippen LogP contribution in [0.5, 0.6) is 5.75 Å². The molecule has 0 unspecified atom stereocenters. The van der Waals surface area contributed by atoms with Crippen molar-refractivity contribution < 1.29 is 19.1 Å². The molecule has 0 radical (unpaired) electrons. The predicted molar refractivity (Wildman–Crippen MR) is 178 cm³/mol. The lowest BCUT2D eigenvalue weighted by Crippen LogP contribution is -2.41. The molecule has 4 rings (SSSR count). The summed E-state index contributed by atoms with van der Waals surface area (Å²) in [4.78, 5) is 40.1. The highest BCUT2D eigenvalue weighted by molar-refractivity contribution is 6.42. The highest BCUT2D eigenvalue weighted by Crippen LogP contribution is 2.27. The second-order valence-electron chi connectivity index (χ2n) is 10.3. The van der Waals surface area contributed by atoms with Gasteiger partial charge in [0, 0.05) is 31.7 Å². The van der Waals surface area contributed by atoms with Crippen molar-refractivity contribution >= 4 is 40.9 Å². The Morgan fingerprint density at radius 3 is 1.96 bits per heavy atom. The first-order chi connectivity index (χ1) is 21.8. The van der Waals surface area contributed by atoms with Crippen LogP contribution in [-0.2, 0) is 22.7 Å². The molecule has 3 amide bonds. The SMILES string of the molecule is CCOc1ccc([C@@H](CNC(=O)c2ccccc2)C(=O)NC[C@H](C(=O)NCc2ccc(CN)cc2)c2ccc(Cl)c(Cl)c2)cc1. The number of amides is 3. The van der Waals surface area contributed by atoms with Gasteiger partial charge in [0.2, 0.25) is 11.8 Å². The molecule has 5 N–H and O–H groups in total. The van der Waals surface area contributed by atoms with Crippen molar-refractivity contribution in [2.24, 2.45) is 5.73 Å². The van der Waals surface area contributed by atoms with Crippen molar-refractivity contribution in [3.05, 3.63) is 135 Å². The van der Waals surface area contributed by atoms with E-state index in [2.05, 4.69) is 16.0 Å². The number of halogens is 2. The molecule has 0 heterocycles. The molecule has 0 aliphatic rings. The Morgan fingerprint density at radius 1 is 0.711 bits per heavy atom. The highest BCUT2D eigenvalue weighted by atomic mass is 35.5. The van der Waals surface area contributed by atoms with Gasteiger partial charge in [-0.15, -0.1) is 0 Å². The number of hydrogen-bond donors (Lipinski definition) is 4. The minimum Gasteiger partial charge on any atom is -0.494 e. The van der Waals surface area contributed by atoms with E-state index in [4.69, 9.17) is 33.7 Å². The lowest BCUT2D eigenvalue weighted by molar-refractivity contribution is -0.124. The fourth-order valence-electron chi connectivity index (χ4n) is 4.73. The minimum absolute atomic E-state index is 0.0189. The number of hydrogen-bond acceptors (Lipinski definition) is 5. The first kappa shape index (κ1) is 33.5. The quantitative estimate of drug-likeness (QED) is 0.142. The molecule has 0 aromatic heterocycles. The van der Waals surface area contributed by atoms with Gasteiger partial charge in [0.25, 0.3) is 5.91 Å². The van der Waals surface area contributed by atoms with Crippen molar-refractivity contribution in [2.75, 3.05) is 19.7 Å². The fourth-order valence-corrected chi connectivity index (χ4v) is 5.04. The van der Waals surface area contributed by atoms with Gasteiger partial charge in [0.1, 0.15) is 5.75 Å². The van der Waals surface area contributed by atoms with Crippen LogP contribution in [0, 0.1) is 0 Å². The summed E-state index contributed by atoms with van der Waals surface area (Å²) in [5.41, 5.74) is 9.35.